The van der Waals surface area contributed by atoms with E-state index in [2.05, 4.69) is 28.5 Å². The molecular formula is C17H20N2O. The van der Waals surface area contributed by atoms with E-state index in [1.807, 2.05) is 18.5 Å². The van der Waals surface area contributed by atoms with Gasteiger partial charge in [-0.2, -0.15) is 0 Å². The van der Waals surface area contributed by atoms with Crippen LogP contribution in [0.3, 0.4) is 0 Å². The second-order valence-electron chi connectivity index (χ2n) is 6.28. The molecule has 2 aromatic rings. The lowest BCUT2D eigenvalue weighted by molar-refractivity contribution is -0.0347. The Balaban J connectivity index is 1.44. The van der Waals surface area contributed by atoms with Gasteiger partial charge in [0.1, 0.15) is 5.75 Å². The zero-order valence-corrected chi connectivity index (χ0v) is 11.6. The first-order valence-electron chi connectivity index (χ1n) is 7.54. The van der Waals surface area contributed by atoms with E-state index in [9.17, 15) is 0 Å². The highest BCUT2D eigenvalue weighted by atomic mass is 16.5. The van der Waals surface area contributed by atoms with Crippen LogP contribution in [0.5, 0.6) is 5.75 Å². The normalized spacial score (nSPS) is 21.8. The van der Waals surface area contributed by atoms with Crippen molar-refractivity contribution in [1.29, 1.82) is 0 Å². The molecule has 0 atom stereocenters. The molecule has 1 aliphatic heterocycles. The highest BCUT2D eigenvalue weighted by Crippen LogP contribution is 2.49. The SMILES string of the molecule is c1cc2ccc(OC3CC4(CCNCC4)C3)cc2cn1. The number of hydrogen-bond donors (Lipinski definition) is 1. The molecule has 2 fully saturated rings. The second kappa shape index (κ2) is 4.74. The van der Waals surface area contributed by atoms with E-state index in [0.717, 1.165) is 11.1 Å². The first-order valence-corrected chi connectivity index (χ1v) is 7.54. The van der Waals surface area contributed by atoms with Crippen molar-refractivity contribution in [2.75, 3.05) is 13.1 Å². The molecule has 0 bridgehead atoms. The number of rotatable bonds is 2. The predicted molar refractivity (Wildman–Crippen MR) is 79.9 cm³/mol. The van der Waals surface area contributed by atoms with Crippen molar-refractivity contribution in [2.45, 2.75) is 31.8 Å². The molecular weight excluding hydrogens is 248 g/mol. The van der Waals surface area contributed by atoms with Crippen LogP contribution in [0.4, 0.5) is 0 Å². The molecule has 20 heavy (non-hydrogen) atoms. The molecule has 1 aromatic heterocycles. The van der Waals surface area contributed by atoms with E-state index in [-0.39, 0.29) is 0 Å². The second-order valence-corrected chi connectivity index (χ2v) is 6.28. The van der Waals surface area contributed by atoms with Gasteiger partial charge in [0.15, 0.2) is 0 Å². The smallest absolute Gasteiger partial charge is 0.120 e. The number of nitrogens with one attached hydrogen (secondary N) is 1. The first kappa shape index (κ1) is 12.2. The van der Waals surface area contributed by atoms with E-state index in [1.54, 1.807) is 0 Å². The highest BCUT2D eigenvalue weighted by molar-refractivity contribution is 5.82. The number of ether oxygens (including phenoxy) is 1. The monoisotopic (exact) mass is 268 g/mol. The van der Waals surface area contributed by atoms with Gasteiger partial charge in [-0.15, -0.1) is 0 Å². The van der Waals surface area contributed by atoms with Gasteiger partial charge in [0.05, 0.1) is 6.10 Å². The Labute approximate surface area is 119 Å². The van der Waals surface area contributed by atoms with Crippen LogP contribution >= 0.6 is 0 Å². The number of nitrogens with zero attached hydrogens (tertiary/aromatic N) is 1. The molecule has 1 aliphatic carbocycles. The fraction of sp³-hybridized carbons (Fsp3) is 0.471. The van der Waals surface area contributed by atoms with Crippen LogP contribution in [0.15, 0.2) is 36.7 Å². The fourth-order valence-electron chi connectivity index (χ4n) is 3.68. The van der Waals surface area contributed by atoms with Gasteiger partial charge in [-0.25, -0.2) is 0 Å². The van der Waals surface area contributed by atoms with Gasteiger partial charge < -0.3 is 10.1 Å². The lowest BCUT2D eigenvalue weighted by Crippen LogP contribution is -2.49. The Hall–Kier alpha value is -1.61. The molecule has 4 rings (SSSR count). The van der Waals surface area contributed by atoms with Crippen LogP contribution in [-0.2, 0) is 0 Å². The van der Waals surface area contributed by atoms with Crippen molar-refractivity contribution in [1.82, 2.24) is 10.3 Å². The Morgan fingerprint density at radius 2 is 1.95 bits per heavy atom. The number of benzene rings is 1. The van der Waals surface area contributed by atoms with Gasteiger partial charge in [0.2, 0.25) is 0 Å². The molecule has 1 saturated heterocycles. The van der Waals surface area contributed by atoms with Gasteiger partial charge in [0, 0.05) is 17.8 Å². The van der Waals surface area contributed by atoms with E-state index >= 15 is 0 Å². The molecule has 104 valence electrons. The third kappa shape index (κ3) is 2.16. The summed E-state index contributed by atoms with van der Waals surface area (Å²) in [7, 11) is 0. The zero-order chi connectivity index (χ0) is 13.4. The maximum absolute atomic E-state index is 6.14. The molecule has 3 nitrogen and oxygen atoms in total. The van der Waals surface area contributed by atoms with Gasteiger partial charge in [0.25, 0.3) is 0 Å². The topological polar surface area (TPSA) is 34.1 Å². The van der Waals surface area contributed by atoms with Gasteiger partial charge in [-0.3, -0.25) is 4.98 Å². The van der Waals surface area contributed by atoms with E-state index in [1.165, 1.54) is 44.2 Å². The standard InChI is InChI=1S/C17H20N2O/c1-2-15(9-14-12-19-6-3-13(1)14)20-16-10-17(11-16)4-7-18-8-5-17/h1-3,6,9,12,16,18H,4-5,7-8,10-11H2. The van der Waals surface area contributed by atoms with Crippen molar-refractivity contribution in [3.8, 4) is 5.75 Å². The summed E-state index contributed by atoms with van der Waals surface area (Å²) in [5.41, 5.74) is 0.578. The lowest BCUT2D eigenvalue weighted by atomic mass is 9.62. The molecule has 0 radical (unpaired) electrons. The summed E-state index contributed by atoms with van der Waals surface area (Å²) < 4.78 is 6.14. The summed E-state index contributed by atoms with van der Waals surface area (Å²) in [6.45, 7) is 2.35. The number of aromatic nitrogens is 1. The summed E-state index contributed by atoms with van der Waals surface area (Å²) in [6.07, 6.45) is 9.21. The minimum Gasteiger partial charge on any atom is -0.490 e. The molecule has 2 aliphatic rings. The van der Waals surface area contributed by atoms with E-state index in [4.69, 9.17) is 4.74 Å². The lowest BCUT2D eigenvalue weighted by Gasteiger charge is -2.49. The molecule has 1 N–H and O–H groups in total. The third-order valence-corrected chi connectivity index (χ3v) is 4.90. The van der Waals surface area contributed by atoms with E-state index in [0.29, 0.717) is 11.5 Å². The average Bonchev–Trinajstić information content (AvgIpc) is 2.47. The molecule has 0 unspecified atom stereocenters. The summed E-state index contributed by atoms with van der Waals surface area (Å²) in [5.74, 6) is 0.985. The van der Waals surface area contributed by atoms with Crippen molar-refractivity contribution in [3.05, 3.63) is 36.7 Å². The number of pyridine rings is 1. The van der Waals surface area contributed by atoms with Crippen LogP contribution in [0.1, 0.15) is 25.7 Å². The summed E-state index contributed by atoms with van der Waals surface area (Å²) >= 11 is 0. The highest BCUT2D eigenvalue weighted by Gasteiger charge is 2.45. The van der Waals surface area contributed by atoms with Crippen molar-refractivity contribution in [2.24, 2.45) is 5.41 Å². The van der Waals surface area contributed by atoms with Gasteiger partial charge >= 0.3 is 0 Å². The van der Waals surface area contributed by atoms with Crippen molar-refractivity contribution in [3.63, 3.8) is 0 Å². The molecule has 0 amide bonds. The van der Waals surface area contributed by atoms with Crippen LogP contribution in [0, 0.1) is 5.41 Å². The molecule has 1 saturated carbocycles. The molecule has 1 aromatic carbocycles. The number of hydrogen-bond acceptors (Lipinski definition) is 3. The molecule has 1 spiro atoms. The van der Waals surface area contributed by atoms with Crippen LogP contribution in [0.2, 0.25) is 0 Å². The number of fused-ring (bicyclic) bond motifs is 1. The Bertz CT molecular complexity index is 611. The summed E-state index contributed by atoms with van der Waals surface area (Å²) in [5, 5.41) is 5.82. The first-order chi connectivity index (χ1) is 9.83. The maximum atomic E-state index is 6.14. The fourth-order valence-corrected chi connectivity index (χ4v) is 3.68. The Morgan fingerprint density at radius 3 is 2.80 bits per heavy atom. The zero-order valence-electron chi connectivity index (χ0n) is 11.6. The predicted octanol–water partition coefficient (Wildman–Crippen LogP) is 3.15. The van der Waals surface area contributed by atoms with Crippen LogP contribution in [0.25, 0.3) is 10.8 Å². The Morgan fingerprint density at radius 1 is 1.10 bits per heavy atom. The maximum Gasteiger partial charge on any atom is 0.120 e. The summed E-state index contributed by atoms with van der Waals surface area (Å²) in [4.78, 5) is 4.17. The number of piperidine rings is 1. The largest absolute Gasteiger partial charge is 0.490 e. The van der Waals surface area contributed by atoms with Crippen molar-refractivity contribution >= 4 is 10.8 Å². The van der Waals surface area contributed by atoms with Gasteiger partial charge in [-0.05, 0) is 67.8 Å². The van der Waals surface area contributed by atoms with Crippen LogP contribution < -0.4 is 10.1 Å². The van der Waals surface area contributed by atoms with Crippen molar-refractivity contribution < 1.29 is 4.74 Å². The minimum absolute atomic E-state index is 0.405. The van der Waals surface area contributed by atoms with E-state index < -0.39 is 0 Å². The average molecular weight is 268 g/mol. The quantitative estimate of drug-likeness (QED) is 0.908. The third-order valence-electron chi connectivity index (χ3n) is 4.90. The summed E-state index contributed by atoms with van der Waals surface area (Å²) in [6, 6.07) is 8.34. The van der Waals surface area contributed by atoms with Gasteiger partial charge in [-0.1, -0.05) is 6.07 Å². The molecule has 3 heteroatoms. The molecule has 2 heterocycles. The van der Waals surface area contributed by atoms with Crippen LogP contribution in [-0.4, -0.2) is 24.2 Å². The Kier molecular flexibility index (Phi) is 2.88. The minimum atomic E-state index is 0.405.